The maximum absolute atomic E-state index is 12.7. The molecule has 0 atom stereocenters. The van der Waals surface area contributed by atoms with E-state index in [1.807, 2.05) is 17.5 Å². The van der Waals surface area contributed by atoms with Gasteiger partial charge >= 0.3 is 5.69 Å². The third-order valence-electron chi connectivity index (χ3n) is 5.17. The van der Waals surface area contributed by atoms with Crippen LogP contribution in [-0.4, -0.2) is 31.6 Å². The van der Waals surface area contributed by atoms with Crippen molar-refractivity contribution in [3.63, 3.8) is 0 Å². The Balaban J connectivity index is 1.37. The summed E-state index contributed by atoms with van der Waals surface area (Å²) in [4.78, 5) is 46.4. The highest BCUT2D eigenvalue weighted by Gasteiger charge is 2.14. The van der Waals surface area contributed by atoms with Gasteiger partial charge in [0.25, 0.3) is 5.56 Å². The molecule has 1 aromatic carbocycles. The third kappa shape index (κ3) is 4.52. The lowest BCUT2D eigenvalue weighted by Crippen LogP contribution is -2.42. The quantitative estimate of drug-likeness (QED) is 0.417. The van der Waals surface area contributed by atoms with Crippen molar-refractivity contribution in [1.29, 1.82) is 0 Å². The zero-order chi connectivity index (χ0) is 22.5. The molecule has 0 aliphatic carbocycles. The van der Waals surface area contributed by atoms with Crippen LogP contribution in [0.2, 0.25) is 0 Å². The number of nitrogens with one attached hydrogen (secondary N) is 1. The molecular formula is C23H23N5O3S. The monoisotopic (exact) mass is 449 g/mol. The number of pyridine rings is 1. The highest BCUT2D eigenvalue weighted by Crippen LogP contribution is 2.21. The van der Waals surface area contributed by atoms with Gasteiger partial charge in [-0.3, -0.25) is 23.7 Å². The first-order valence-electron chi connectivity index (χ1n) is 10.4. The van der Waals surface area contributed by atoms with Crippen molar-refractivity contribution in [1.82, 2.24) is 24.4 Å². The smallest absolute Gasteiger partial charge is 0.331 e. The Labute approximate surface area is 188 Å². The molecule has 0 aliphatic heterocycles. The molecule has 164 valence electrons. The van der Waals surface area contributed by atoms with Crippen molar-refractivity contribution in [2.75, 3.05) is 6.54 Å². The largest absolute Gasteiger partial charge is 0.355 e. The molecule has 0 radical (unpaired) electrons. The third-order valence-corrected chi connectivity index (χ3v) is 6.08. The summed E-state index contributed by atoms with van der Waals surface area (Å²) in [5.74, 6) is -0.268. The van der Waals surface area contributed by atoms with Gasteiger partial charge in [-0.05, 0) is 37.6 Å². The van der Waals surface area contributed by atoms with Crippen molar-refractivity contribution in [3.8, 4) is 11.3 Å². The van der Waals surface area contributed by atoms with Gasteiger partial charge in [0.1, 0.15) is 6.54 Å². The number of hydrogen-bond acceptors (Lipinski definition) is 6. The molecule has 8 nitrogen and oxygen atoms in total. The Bertz CT molecular complexity index is 1360. The summed E-state index contributed by atoms with van der Waals surface area (Å²) in [7, 11) is 0. The zero-order valence-electron chi connectivity index (χ0n) is 17.7. The van der Waals surface area contributed by atoms with Crippen molar-refractivity contribution in [3.05, 3.63) is 80.0 Å². The van der Waals surface area contributed by atoms with Crippen LogP contribution in [0.15, 0.2) is 63.8 Å². The van der Waals surface area contributed by atoms with Crippen LogP contribution < -0.4 is 16.6 Å². The number of carbonyl (C=O) groups excluding carboxylic acids is 1. The molecule has 0 bridgehead atoms. The molecule has 0 spiro atoms. The molecular weight excluding hydrogens is 426 g/mol. The van der Waals surface area contributed by atoms with Gasteiger partial charge in [0.2, 0.25) is 5.91 Å². The van der Waals surface area contributed by atoms with Crippen LogP contribution in [0.4, 0.5) is 0 Å². The number of thiazole rings is 1. The maximum Gasteiger partial charge on any atom is 0.331 e. The minimum atomic E-state index is -0.474. The summed E-state index contributed by atoms with van der Waals surface area (Å²) in [6.07, 6.45) is 4.97. The average molecular weight is 450 g/mol. The molecule has 0 aliphatic rings. The van der Waals surface area contributed by atoms with E-state index in [0.29, 0.717) is 17.4 Å². The first-order valence-corrected chi connectivity index (χ1v) is 11.3. The maximum atomic E-state index is 12.7. The van der Waals surface area contributed by atoms with Gasteiger partial charge in [0, 0.05) is 42.8 Å². The summed E-state index contributed by atoms with van der Waals surface area (Å²) in [5, 5.41) is 6.31. The van der Waals surface area contributed by atoms with E-state index < -0.39 is 5.69 Å². The highest BCUT2D eigenvalue weighted by atomic mass is 32.1. The Morgan fingerprint density at radius 1 is 1.09 bits per heavy atom. The first-order chi connectivity index (χ1) is 15.6. The predicted molar refractivity (Wildman–Crippen MR) is 125 cm³/mol. The topological polar surface area (TPSA) is 98.9 Å². The molecule has 3 heterocycles. The number of carbonyl (C=O) groups is 1. The molecule has 3 aromatic heterocycles. The van der Waals surface area contributed by atoms with E-state index in [1.165, 1.54) is 4.57 Å². The van der Waals surface area contributed by atoms with E-state index >= 15 is 0 Å². The second-order valence-electron chi connectivity index (χ2n) is 7.25. The van der Waals surface area contributed by atoms with Crippen LogP contribution in [0.25, 0.3) is 22.2 Å². The standard InChI is InChI=1S/C23H23N5O3S/c1-2-27-22(30)17-6-3-4-7-19(17)28(23(27)31)14-20(29)25-11-5-8-21-26-18(15-32-21)16-9-12-24-13-10-16/h3-4,6-7,9-10,12-13,15H,2,5,8,11,14H2,1H3,(H,25,29). The number of nitrogens with zero attached hydrogens (tertiary/aromatic N) is 4. The normalized spacial score (nSPS) is 11.0. The first kappa shape index (κ1) is 21.6. The molecule has 0 saturated heterocycles. The fourth-order valence-corrected chi connectivity index (χ4v) is 4.40. The Morgan fingerprint density at radius 3 is 2.66 bits per heavy atom. The summed E-state index contributed by atoms with van der Waals surface area (Å²) in [6.45, 7) is 2.33. The van der Waals surface area contributed by atoms with E-state index in [2.05, 4.69) is 15.3 Å². The van der Waals surface area contributed by atoms with Crippen LogP contribution in [-0.2, 0) is 24.3 Å². The molecule has 1 N–H and O–H groups in total. The number of hydrogen-bond donors (Lipinski definition) is 1. The molecule has 0 unspecified atom stereocenters. The van der Waals surface area contributed by atoms with E-state index in [9.17, 15) is 14.4 Å². The highest BCUT2D eigenvalue weighted by molar-refractivity contribution is 7.09. The van der Waals surface area contributed by atoms with Crippen LogP contribution in [0, 0.1) is 0 Å². The summed E-state index contributed by atoms with van der Waals surface area (Å²) in [6, 6.07) is 10.7. The second kappa shape index (κ2) is 9.69. The SMILES string of the molecule is CCn1c(=O)c2ccccc2n(CC(=O)NCCCc2nc(-c3ccncc3)cs2)c1=O. The van der Waals surface area contributed by atoms with Gasteiger partial charge in [-0.25, -0.2) is 9.78 Å². The van der Waals surface area contributed by atoms with E-state index in [1.54, 1.807) is 54.9 Å². The van der Waals surface area contributed by atoms with Crippen LogP contribution in [0.5, 0.6) is 0 Å². The average Bonchev–Trinajstić information content (AvgIpc) is 3.29. The second-order valence-corrected chi connectivity index (χ2v) is 8.19. The van der Waals surface area contributed by atoms with Crippen LogP contribution in [0.3, 0.4) is 0 Å². The molecule has 32 heavy (non-hydrogen) atoms. The van der Waals surface area contributed by atoms with Crippen molar-refractivity contribution < 1.29 is 4.79 Å². The summed E-state index contributed by atoms with van der Waals surface area (Å²) in [5.41, 5.74) is 1.61. The number of amides is 1. The van der Waals surface area contributed by atoms with E-state index in [-0.39, 0.29) is 24.6 Å². The predicted octanol–water partition coefficient (Wildman–Crippen LogP) is 2.45. The molecule has 0 saturated carbocycles. The Kier molecular flexibility index (Phi) is 6.55. The molecule has 1 amide bonds. The van der Waals surface area contributed by atoms with Crippen LogP contribution >= 0.6 is 11.3 Å². The number of benzene rings is 1. The van der Waals surface area contributed by atoms with Gasteiger partial charge < -0.3 is 5.32 Å². The minimum absolute atomic E-state index is 0.136. The lowest BCUT2D eigenvalue weighted by atomic mass is 10.2. The number of rotatable bonds is 8. The molecule has 9 heteroatoms. The van der Waals surface area contributed by atoms with E-state index in [0.717, 1.165) is 33.7 Å². The lowest BCUT2D eigenvalue weighted by molar-refractivity contribution is -0.121. The van der Waals surface area contributed by atoms with Gasteiger partial charge in [0.05, 0.1) is 21.6 Å². The Morgan fingerprint density at radius 2 is 1.88 bits per heavy atom. The lowest BCUT2D eigenvalue weighted by Gasteiger charge is -2.13. The summed E-state index contributed by atoms with van der Waals surface area (Å²) >= 11 is 1.59. The number of fused-ring (bicyclic) bond motifs is 1. The van der Waals surface area contributed by atoms with Gasteiger partial charge in [0.15, 0.2) is 0 Å². The fraction of sp³-hybridized carbons (Fsp3) is 0.261. The molecule has 0 fully saturated rings. The van der Waals surface area contributed by atoms with Gasteiger partial charge in [-0.15, -0.1) is 11.3 Å². The zero-order valence-corrected chi connectivity index (χ0v) is 18.5. The number of aryl methyl sites for hydroxylation is 1. The number of para-hydroxylation sites is 1. The summed E-state index contributed by atoms with van der Waals surface area (Å²) < 4.78 is 2.51. The Hall–Kier alpha value is -3.59. The van der Waals surface area contributed by atoms with Crippen molar-refractivity contribution in [2.45, 2.75) is 32.9 Å². The van der Waals surface area contributed by atoms with Crippen LogP contribution in [0.1, 0.15) is 18.4 Å². The van der Waals surface area contributed by atoms with Crippen molar-refractivity contribution in [2.24, 2.45) is 0 Å². The van der Waals surface area contributed by atoms with Gasteiger partial charge in [-0.2, -0.15) is 0 Å². The molecule has 4 aromatic rings. The van der Waals surface area contributed by atoms with E-state index in [4.69, 9.17) is 0 Å². The molecule has 4 rings (SSSR count). The van der Waals surface area contributed by atoms with Gasteiger partial charge in [-0.1, -0.05) is 12.1 Å². The minimum Gasteiger partial charge on any atom is -0.355 e. The fourth-order valence-electron chi connectivity index (χ4n) is 3.55. The van der Waals surface area contributed by atoms with Crippen molar-refractivity contribution >= 4 is 28.1 Å². The number of aromatic nitrogens is 4.